The maximum Gasteiger partial charge on any atom is 0.407 e. The second-order valence-corrected chi connectivity index (χ2v) is 11.3. The minimum absolute atomic E-state index is 0.104. The molecule has 8 nitrogen and oxygen atoms in total. The maximum absolute atomic E-state index is 13.6. The molecule has 0 fully saturated rings. The summed E-state index contributed by atoms with van der Waals surface area (Å²) in [6, 6.07) is 34.1. The topological polar surface area (TPSA) is 99.8 Å². The maximum atomic E-state index is 13.6. The third kappa shape index (κ3) is 7.82. The van der Waals surface area contributed by atoms with E-state index in [0.29, 0.717) is 5.75 Å². The summed E-state index contributed by atoms with van der Waals surface area (Å²) >= 11 is 1.10. The van der Waals surface area contributed by atoms with Gasteiger partial charge in [0.1, 0.15) is 12.6 Å². The Morgan fingerprint density at radius 1 is 0.767 bits per heavy atom. The number of nitrogens with one attached hydrogen (secondary N) is 3. The first-order valence-corrected chi connectivity index (χ1v) is 15.2. The van der Waals surface area contributed by atoms with Crippen molar-refractivity contribution in [3.05, 3.63) is 131 Å². The van der Waals surface area contributed by atoms with E-state index < -0.39 is 18.0 Å². The van der Waals surface area contributed by atoms with Crippen LogP contribution < -0.4 is 16.2 Å². The first-order valence-electron chi connectivity index (χ1n) is 14.2. The van der Waals surface area contributed by atoms with Gasteiger partial charge in [0.25, 0.3) is 11.1 Å². The van der Waals surface area contributed by atoms with Crippen LogP contribution in [-0.4, -0.2) is 40.8 Å². The van der Waals surface area contributed by atoms with Crippen LogP contribution in [0.1, 0.15) is 35.1 Å². The molecule has 9 heteroatoms. The molecular weight excluding hydrogens is 560 g/mol. The van der Waals surface area contributed by atoms with Crippen LogP contribution in [0.2, 0.25) is 0 Å². The Morgan fingerprint density at radius 3 is 1.93 bits per heavy atom. The third-order valence-electron chi connectivity index (χ3n) is 7.17. The van der Waals surface area contributed by atoms with Crippen LogP contribution in [0.25, 0.3) is 11.1 Å². The summed E-state index contributed by atoms with van der Waals surface area (Å²) in [7, 11) is 0. The molecule has 0 saturated carbocycles. The van der Waals surface area contributed by atoms with Crippen molar-refractivity contribution in [1.29, 1.82) is 0 Å². The first kappa shape index (κ1) is 29.9. The Labute approximate surface area is 255 Å². The lowest BCUT2D eigenvalue weighted by atomic mass is 9.98. The number of hydrazine groups is 2. The lowest BCUT2D eigenvalue weighted by Gasteiger charge is -2.26. The zero-order valence-electron chi connectivity index (χ0n) is 23.9. The van der Waals surface area contributed by atoms with E-state index in [1.54, 1.807) is 0 Å². The zero-order chi connectivity index (χ0) is 30.0. The lowest BCUT2D eigenvalue weighted by molar-refractivity contribution is -0.129. The number of alkyl carbamates (subject to hydrolysis) is 1. The molecule has 1 aliphatic carbocycles. The molecule has 0 unspecified atom stereocenters. The fraction of sp³-hybridized carbons (Fsp3) is 0.206. The van der Waals surface area contributed by atoms with E-state index >= 15 is 0 Å². The smallest absolute Gasteiger partial charge is 0.407 e. The van der Waals surface area contributed by atoms with Crippen LogP contribution in [0.15, 0.2) is 109 Å². The molecule has 220 valence electrons. The molecular formula is C34H34N4O4S. The molecule has 0 radical (unpaired) electrons. The first-order chi connectivity index (χ1) is 21.0. The fourth-order valence-electron chi connectivity index (χ4n) is 5.20. The van der Waals surface area contributed by atoms with Crippen molar-refractivity contribution < 1.29 is 19.1 Å². The average molecular weight is 595 g/mol. The minimum atomic E-state index is -0.966. The number of hydrogen-bond acceptors (Lipinski definition) is 6. The fourth-order valence-corrected chi connectivity index (χ4v) is 5.64. The van der Waals surface area contributed by atoms with E-state index in [9.17, 15) is 14.4 Å². The van der Waals surface area contributed by atoms with Gasteiger partial charge in [-0.25, -0.2) is 4.79 Å². The van der Waals surface area contributed by atoms with Gasteiger partial charge < -0.3 is 10.1 Å². The predicted octanol–water partition coefficient (Wildman–Crippen LogP) is 6.05. The SMILES string of the molecule is CCSC(=O)NN(Cc1ccccc1)NC(=O)[C@H](Cc1ccccc1)NC(=O)OCC1c2ccccc2-c2ccccc21. The minimum Gasteiger partial charge on any atom is -0.449 e. The summed E-state index contributed by atoms with van der Waals surface area (Å²) in [5.41, 5.74) is 11.7. The highest BCUT2D eigenvalue weighted by atomic mass is 32.2. The number of ether oxygens (including phenoxy) is 1. The standard InChI is InChI=1S/C34H34N4O4S/c1-2-43-34(41)37-38(22-25-15-7-4-8-16-25)36-32(39)31(21-24-13-5-3-6-14-24)35-33(40)42-23-30-28-19-11-9-17-26(28)27-18-10-12-20-29(27)30/h3-20,30-31H,2,21-23H2,1H3,(H,35,40)(H,36,39)(H,37,41)/t31-/m0/s1. The zero-order valence-corrected chi connectivity index (χ0v) is 24.7. The van der Waals surface area contributed by atoms with E-state index in [2.05, 4.69) is 40.4 Å². The van der Waals surface area contributed by atoms with E-state index in [-0.39, 0.29) is 30.7 Å². The number of carbonyl (C=O) groups excluding carboxylic acids is 3. The molecule has 1 atom stereocenters. The van der Waals surface area contributed by atoms with Gasteiger partial charge in [0.15, 0.2) is 0 Å². The number of carbonyl (C=O) groups is 3. The molecule has 0 saturated heterocycles. The Kier molecular flexibility index (Phi) is 10.1. The van der Waals surface area contributed by atoms with Gasteiger partial charge >= 0.3 is 6.09 Å². The Morgan fingerprint density at radius 2 is 1.33 bits per heavy atom. The largest absolute Gasteiger partial charge is 0.449 e. The highest BCUT2D eigenvalue weighted by Crippen LogP contribution is 2.44. The molecule has 4 aromatic carbocycles. The molecule has 0 aromatic heterocycles. The van der Waals surface area contributed by atoms with E-state index in [4.69, 9.17) is 4.74 Å². The van der Waals surface area contributed by atoms with E-state index in [1.165, 1.54) is 5.12 Å². The van der Waals surface area contributed by atoms with Gasteiger partial charge in [-0.1, -0.05) is 128 Å². The van der Waals surface area contributed by atoms with Crippen LogP contribution >= 0.6 is 11.8 Å². The van der Waals surface area contributed by atoms with Crippen molar-refractivity contribution in [2.24, 2.45) is 0 Å². The molecule has 1 aliphatic rings. The van der Waals surface area contributed by atoms with Crippen LogP contribution in [-0.2, 0) is 22.5 Å². The predicted molar refractivity (Wildman–Crippen MR) is 169 cm³/mol. The second-order valence-electron chi connectivity index (χ2n) is 10.1. The Hall–Kier alpha value is -4.60. The van der Waals surface area contributed by atoms with Gasteiger partial charge in [-0.3, -0.25) is 20.4 Å². The quantitative estimate of drug-likeness (QED) is 0.183. The lowest BCUT2D eigenvalue weighted by Crippen LogP contribution is -2.57. The summed E-state index contributed by atoms with van der Waals surface area (Å²) in [6.07, 6.45) is -0.466. The van der Waals surface area contributed by atoms with Crippen molar-refractivity contribution >= 4 is 29.0 Å². The normalized spacial score (nSPS) is 12.6. The van der Waals surface area contributed by atoms with E-state index in [0.717, 1.165) is 45.1 Å². The van der Waals surface area contributed by atoms with Gasteiger partial charge in [0.05, 0.1) is 6.54 Å². The highest BCUT2D eigenvalue weighted by Gasteiger charge is 2.30. The van der Waals surface area contributed by atoms with Crippen molar-refractivity contribution in [1.82, 2.24) is 21.3 Å². The number of thioether (sulfide) groups is 1. The molecule has 5 rings (SSSR count). The molecule has 3 N–H and O–H groups in total. The van der Waals surface area contributed by atoms with E-state index in [1.807, 2.05) is 91.9 Å². The van der Waals surface area contributed by atoms with Crippen LogP contribution in [0, 0.1) is 0 Å². The number of hydrogen-bond donors (Lipinski definition) is 3. The summed E-state index contributed by atoms with van der Waals surface area (Å²) in [5, 5.41) is 3.81. The van der Waals surface area contributed by atoms with Crippen LogP contribution in [0.3, 0.4) is 0 Å². The molecule has 0 spiro atoms. The molecule has 3 amide bonds. The van der Waals surface area contributed by atoms with Crippen molar-refractivity contribution in [2.45, 2.75) is 31.8 Å². The van der Waals surface area contributed by atoms with Crippen LogP contribution in [0.4, 0.5) is 9.59 Å². The molecule has 0 bridgehead atoms. The number of rotatable bonds is 11. The van der Waals surface area contributed by atoms with Crippen molar-refractivity contribution in [2.75, 3.05) is 12.4 Å². The van der Waals surface area contributed by atoms with Gasteiger partial charge in [-0.2, -0.15) is 0 Å². The number of benzene rings is 4. The molecule has 0 heterocycles. The van der Waals surface area contributed by atoms with Gasteiger partial charge in [0.2, 0.25) is 0 Å². The van der Waals surface area contributed by atoms with Crippen LogP contribution in [0.5, 0.6) is 0 Å². The second kappa shape index (κ2) is 14.5. The van der Waals surface area contributed by atoms with Gasteiger partial charge in [-0.15, -0.1) is 5.12 Å². The van der Waals surface area contributed by atoms with Gasteiger partial charge in [0, 0.05) is 12.3 Å². The van der Waals surface area contributed by atoms with Crippen molar-refractivity contribution in [3.8, 4) is 11.1 Å². The van der Waals surface area contributed by atoms with Gasteiger partial charge in [-0.05, 0) is 39.1 Å². The molecule has 0 aliphatic heterocycles. The summed E-state index contributed by atoms with van der Waals surface area (Å²) in [5.74, 6) is -0.0128. The molecule has 4 aromatic rings. The number of amides is 3. The number of nitrogens with zero attached hydrogens (tertiary/aromatic N) is 1. The Balaban J connectivity index is 1.29. The average Bonchev–Trinajstić information content (AvgIpc) is 3.34. The van der Waals surface area contributed by atoms with Crippen molar-refractivity contribution in [3.63, 3.8) is 0 Å². The summed E-state index contributed by atoms with van der Waals surface area (Å²) in [6.45, 7) is 2.23. The summed E-state index contributed by atoms with van der Waals surface area (Å²) in [4.78, 5) is 39.2. The summed E-state index contributed by atoms with van der Waals surface area (Å²) < 4.78 is 5.74. The monoisotopic (exact) mass is 594 g/mol. The number of fused-ring (bicyclic) bond motifs is 3. The molecule has 43 heavy (non-hydrogen) atoms. The third-order valence-corrected chi connectivity index (χ3v) is 7.81. The highest BCUT2D eigenvalue weighted by molar-refractivity contribution is 8.13. The Bertz CT molecular complexity index is 1510.